The fraction of sp³-hybridized carbons (Fsp3) is 0.600. The van der Waals surface area contributed by atoms with Crippen molar-refractivity contribution in [2.24, 2.45) is 17.3 Å². The van der Waals surface area contributed by atoms with Gasteiger partial charge in [-0.3, -0.25) is 19.9 Å². The molecule has 2 aliphatic carbocycles. The Bertz CT molecular complexity index is 631. The Morgan fingerprint density at radius 1 is 1.48 bits per heavy atom. The van der Waals surface area contributed by atoms with E-state index in [0.29, 0.717) is 47.9 Å². The summed E-state index contributed by atoms with van der Waals surface area (Å²) < 4.78 is 0. The fourth-order valence-electron chi connectivity index (χ4n) is 3.84. The van der Waals surface area contributed by atoms with E-state index in [0.717, 1.165) is 6.42 Å². The molecule has 1 heterocycles. The molecule has 0 amide bonds. The van der Waals surface area contributed by atoms with Gasteiger partial charge in [-0.1, -0.05) is 0 Å². The topological polar surface area (TPSA) is 93.3 Å². The zero-order chi connectivity index (χ0) is 15.4. The number of aryl methyl sites for hydroxylation is 1. The minimum absolute atomic E-state index is 0.0590. The Balaban J connectivity index is 1.96. The summed E-state index contributed by atoms with van der Waals surface area (Å²) >= 11 is 0. The van der Waals surface area contributed by atoms with Gasteiger partial charge >= 0.3 is 5.97 Å². The molecule has 0 saturated heterocycles. The number of hydrogen-bond acceptors (Lipinski definition) is 4. The number of nitro groups is 1. The van der Waals surface area contributed by atoms with Crippen LogP contribution in [0.25, 0.3) is 0 Å². The lowest BCUT2D eigenvalue weighted by molar-refractivity contribution is -0.386. The number of carboxylic acid groups (broad SMARTS) is 1. The summed E-state index contributed by atoms with van der Waals surface area (Å²) in [5, 5.41) is 20.8. The Hall–Kier alpha value is -1.98. The first-order chi connectivity index (χ1) is 9.84. The summed E-state index contributed by atoms with van der Waals surface area (Å²) in [5.74, 6) is 0.266. The fourth-order valence-corrected chi connectivity index (χ4v) is 3.84. The van der Waals surface area contributed by atoms with E-state index >= 15 is 0 Å². The minimum atomic E-state index is -0.792. The highest BCUT2D eigenvalue weighted by Crippen LogP contribution is 2.61. The van der Waals surface area contributed by atoms with Crippen molar-refractivity contribution in [3.63, 3.8) is 0 Å². The van der Waals surface area contributed by atoms with E-state index in [9.17, 15) is 20.0 Å². The molecule has 0 radical (unpaired) electrons. The molecule has 112 valence electrons. The number of rotatable bonds is 4. The van der Waals surface area contributed by atoms with Crippen LogP contribution in [0.1, 0.15) is 36.1 Å². The summed E-state index contributed by atoms with van der Waals surface area (Å²) in [7, 11) is 0. The number of pyridine rings is 1. The van der Waals surface area contributed by atoms with Gasteiger partial charge in [-0.25, -0.2) is 0 Å². The van der Waals surface area contributed by atoms with E-state index in [1.807, 2.05) is 0 Å². The van der Waals surface area contributed by atoms with Gasteiger partial charge in [0.2, 0.25) is 0 Å². The summed E-state index contributed by atoms with van der Waals surface area (Å²) in [6.45, 7) is 3.32. The number of hydrogen-bond donors (Lipinski definition) is 1. The summed E-state index contributed by atoms with van der Waals surface area (Å²) in [5.41, 5.74) is 0.842. The molecule has 0 spiro atoms. The average molecular weight is 290 g/mol. The molecule has 0 aromatic carbocycles. The van der Waals surface area contributed by atoms with Crippen molar-refractivity contribution >= 4 is 11.7 Å². The zero-order valence-corrected chi connectivity index (χ0v) is 12.1. The van der Waals surface area contributed by atoms with E-state index in [4.69, 9.17) is 0 Å². The van der Waals surface area contributed by atoms with Crippen molar-refractivity contribution in [1.29, 1.82) is 0 Å². The summed E-state index contributed by atoms with van der Waals surface area (Å²) in [6.07, 6.45) is 4.26. The van der Waals surface area contributed by atoms with Crippen molar-refractivity contribution in [3.8, 4) is 0 Å². The Kier molecular flexibility index (Phi) is 3.00. The lowest BCUT2D eigenvalue weighted by Crippen LogP contribution is -2.32. The molecule has 2 aliphatic rings. The first-order valence-electron chi connectivity index (χ1n) is 7.17. The molecule has 6 nitrogen and oxygen atoms in total. The van der Waals surface area contributed by atoms with E-state index in [1.165, 1.54) is 6.20 Å². The highest BCUT2D eigenvalue weighted by atomic mass is 16.6. The third-order valence-corrected chi connectivity index (χ3v) is 5.09. The quantitative estimate of drug-likeness (QED) is 0.679. The van der Waals surface area contributed by atoms with Gasteiger partial charge in [0, 0.05) is 23.7 Å². The molecule has 1 aromatic heterocycles. The van der Waals surface area contributed by atoms with Crippen molar-refractivity contribution < 1.29 is 14.8 Å². The molecule has 2 atom stereocenters. The van der Waals surface area contributed by atoms with Gasteiger partial charge < -0.3 is 5.11 Å². The van der Waals surface area contributed by atoms with Gasteiger partial charge in [0.1, 0.15) is 0 Å². The lowest BCUT2D eigenvalue weighted by Gasteiger charge is -2.26. The van der Waals surface area contributed by atoms with Crippen molar-refractivity contribution in [2.45, 2.75) is 39.5 Å². The molecule has 1 N–H and O–H groups in total. The molecule has 1 aromatic rings. The number of nitrogens with zero attached hydrogens (tertiary/aromatic N) is 2. The predicted molar refractivity (Wildman–Crippen MR) is 75.0 cm³/mol. The maximum Gasteiger partial charge on any atom is 0.310 e. The van der Waals surface area contributed by atoms with Gasteiger partial charge in [-0.2, -0.15) is 0 Å². The number of aromatic nitrogens is 1. The lowest BCUT2D eigenvalue weighted by atomic mass is 9.78. The second-order valence-corrected chi connectivity index (χ2v) is 6.54. The SMILES string of the molecule is Cc1cnc(CC2(C(=O)O)CC3CC3C2)c(C)c1[N+](=O)[O-]. The van der Waals surface area contributed by atoms with Crippen LogP contribution in [0.2, 0.25) is 0 Å². The van der Waals surface area contributed by atoms with Crippen LogP contribution in [0.3, 0.4) is 0 Å². The molecule has 6 heteroatoms. The van der Waals surface area contributed by atoms with E-state index in [-0.39, 0.29) is 5.69 Å². The molecule has 21 heavy (non-hydrogen) atoms. The normalized spacial score (nSPS) is 30.0. The Morgan fingerprint density at radius 2 is 2.10 bits per heavy atom. The third-order valence-electron chi connectivity index (χ3n) is 5.09. The molecule has 2 fully saturated rings. The summed E-state index contributed by atoms with van der Waals surface area (Å²) in [6, 6.07) is 0. The molecule has 3 rings (SSSR count). The van der Waals surface area contributed by atoms with Crippen LogP contribution in [0.5, 0.6) is 0 Å². The molecule has 0 bridgehead atoms. The van der Waals surface area contributed by atoms with Gasteiger partial charge in [0.05, 0.1) is 16.0 Å². The highest BCUT2D eigenvalue weighted by Gasteiger charge is 2.57. The van der Waals surface area contributed by atoms with E-state index in [2.05, 4.69) is 4.98 Å². The first-order valence-corrected chi connectivity index (χ1v) is 7.17. The van der Waals surface area contributed by atoms with Crippen LogP contribution in [0.15, 0.2) is 6.20 Å². The average Bonchev–Trinajstić information content (AvgIpc) is 3.00. The molecular weight excluding hydrogens is 272 g/mol. The smallest absolute Gasteiger partial charge is 0.310 e. The molecule has 0 aliphatic heterocycles. The second-order valence-electron chi connectivity index (χ2n) is 6.54. The van der Waals surface area contributed by atoms with Crippen molar-refractivity contribution in [2.75, 3.05) is 0 Å². The van der Waals surface area contributed by atoms with E-state index < -0.39 is 16.3 Å². The number of carbonyl (C=O) groups is 1. The van der Waals surface area contributed by atoms with Gasteiger partial charge in [-0.05, 0) is 44.9 Å². The number of fused-ring (bicyclic) bond motifs is 1. The Labute approximate surface area is 122 Å². The van der Waals surface area contributed by atoms with Crippen LogP contribution in [0.4, 0.5) is 5.69 Å². The largest absolute Gasteiger partial charge is 0.481 e. The molecule has 2 unspecified atom stereocenters. The van der Waals surface area contributed by atoms with Crippen LogP contribution in [0, 0.1) is 41.2 Å². The maximum atomic E-state index is 11.7. The monoisotopic (exact) mass is 290 g/mol. The van der Waals surface area contributed by atoms with Gasteiger partial charge in [-0.15, -0.1) is 0 Å². The first kappa shape index (κ1) is 14.0. The van der Waals surface area contributed by atoms with Gasteiger partial charge in [0.15, 0.2) is 0 Å². The highest BCUT2D eigenvalue weighted by molar-refractivity contribution is 5.76. The molecule has 2 saturated carbocycles. The van der Waals surface area contributed by atoms with Crippen LogP contribution in [-0.4, -0.2) is 21.0 Å². The van der Waals surface area contributed by atoms with Crippen LogP contribution < -0.4 is 0 Å². The number of aliphatic carboxylic acids is 1. The zero-order valence-electron chi connectivity index (χ0n) is 12.1. The standard InChI is InChI=1S/C15H18N2O4/c1-8-7-16-12(9(2)13(8)17(20)21)6-15(14(18)19)4-10-3-11(10)5-15/h7,10-11H,3-6H2,1-2H3,(H,18,19). The molecular formula is C15H18N2O4. The van der Waals surface area contributed by atoms with Crippen molar-refractivity contribution in [1.82, 2.24) is 4.98 Å². The van der Waals surface area contributed by atoms with Crippen LogP contribution >= 0.6 is 0 Å². The van der Waals surface area contributed by atoms with E-state index in [1.54, 1.807) is 13.8 Å². The third kappa shape index (κ3) is 2.18. The number of carboxylic acids is 1. The maximum absolute atomic E-state index is 11.7. The van der Waals surface area contributed by atoms with Gasteiger partial charge in [0.25, 0.3) is 5.69 Å². The Morgan fingerprint density at radius 3 is 2.62 bits per heavy atom. The second kappa shape index (κ2) is 4.51. The minimum Gasteiger partial charge on any atom is -0.481 e. The predicted octanol–water partition coefficient (Wildman–Crippen LogP) is 2.65. The summed E-state index contributed by atoms with van der Waals surface area (Å²) in [4.78, 5) is 26.8. The van der Waals surface area contributed by atoms with Crippen molar-refractivity contribution in [3.05, 3.63) is 33.1 Å². The van der Waals surface area contributed by atoms with Crippen LogP contribution in [-0.2, 0) is 11.2 Å².